The van der Waals surface area contributed by atoms with Crippen molar-refractivity contribution in [3.8, 4) is 0 Å². The summed E-state index contributed by atoms with van der Waals surface area (Å²) >= 11 is 0. The number of aryl methyl sites for hydroxylation is 1. The van der Waals surface area contributed by atoms with Crippen LogP contribution in [0.1, 0.15) is 34.3 Å². The fourth-order valence-corrected chi connectivity index (χ4v) is 4.87. The lowest BCUT2D eigenvalue weighted by molar-refractivity contribution is -0.174. The van der Waals surface area contributed by atoms with Crippen molar-refractivity contribution in [1.82, 2.24) is 10.6 Å². The first-order chi connectivity index (χ1) is 20.0. The second-order valence-electron chi connectivity index (χ2n) is 9.97. The zero-order valence-electron chi connectivity index (χ0n) is 22.7. The molecule has 1 aliphatic heterocycles. The molecule has 218 valence electrons. The number of Topliss-reactive ketones (excluding diaryl/α,β-unsaturated/α-hetero) is 2. The van der Waals surface area contributed by atoms with E-state index in [-0.39, 0.29) is 12.0 Å². The Kier molecular flexibility index (Phi) is 9.57. The summed E-state index contributed by atoms with van der Waals surface area (Å²) in [6.07, 6.45) is -4.37. The number of nitrogens with zero attached hydrogens (tertiary/aromatic N) is 1. The van der Waals surface area contributed by atoms with Gasteiger partial charge in [-0.05, 0) is 30.0 Å². The Hall–Kier alpha value is -4.73. The summed E-state index contributed by atoms with van der Waals surface area (Å²) in [6, 6.07) is 20.9. The van der Waals surface area contributed by atoms with E-state index in [1.54, 1.807) is 53.8 Å². The van der Waals surface area contributed by atoms with Crippen LogP contribution in [0.5, 0.6) is 0 Å². The Morgan fingerprint density at radius 3 is 2.12 bits per heavy atom. The molecule has 0 unspecified atom stereocenters. The largest absolute Gasteiger partial charge is 0.471 e. The summed E-state index contributed by atoms with van der Waals surface area (Å²) in [6.45, 7) is 4.65. The van der Waals surface area contributed by atoms with E-state index >= 15 is 0 Å². The molecule has 0 aromatic heterocycles. The average Bonchev–Trinajstić information content (AvgIpc) is 2.99. The summed E-state index contributed by atoms with van der Waals surface area (Å²) in [5.74, 6) is -4.80. The number of rotatable bonds is 11. The summed E-state index contributed by atoms with van der Waals surface area (Å²) < 4.78 is 39.5. The second kappa shape index (κ2) is 13.3. The fourth-order valence-electron chi connectivity index (χ4n) is 4.87. The Morgan fingerprint density at radius 2 is 1.45 bits per heavy atom. The SMILES string of the molecule is C=C([C@H](CC(=O)C(=O)c1ccccc1)NC(=O)[C@H](Cc1ccccc1)NC(=O)C(F)(F)F)N1CCCc2ccccc21. The molecular weight excluding hydrogens is 547 g/mol. The van der Waals surface area contributed by atoms with Gasteiger partial charge >= 0.3 is 12.1 Å². The smallest absolute Gasteiger partial charge is 0.346 e. The topological polar surface area (TPSA) is 95.6 Å². The van der Waals surface area contributed by atoms with Crippen molar-refractivity contribution in [3.05, 3.63) is 114 Å². The molecule has 7 nitrogen and oxygen atoms in total. The summed E-state index contributed by atoms with van der Waals surface area (Å²) in [4.78, 5) is 53.3. The molecule has 3 aromatic rings. The van der Waals surface area contributed by atoms with Crippen LogP contribution in [-0.4, -0.2) is 48.2 Å². The van der Waals surface area contributed by atoms with Crippen molar-refractivity contribution in [1.29, 1.82) is 0 Å². The highest BCUT2D eigenvalue weighted by atomic mass is 19.4. The van der Waals surface area contributed by atoms with Crippen LogP contribution in [0.25, 0.3) is 0 Å². The lowest BCUT2D eigenvalue weighted by atomic mass is 9.96. The number of hydrogen-bond acceptors (Lipinski definition) is 5. The molecule has 0 bridgehead atoms. The fraction of sp³-hybridized carbons (Fsp3) is 0.250. The number of halogens is 3. The minimum absolute atomic E-state index is 0.168. The first-order valence-corrected chi connectivity index (χ1v) is 13.4. The number of carbonyl (C=O) groups is 4. The number of amides is 2. The van der Waals surface area contributed by atoms with Crippen molar-refractivity contribution in [2.45, 2.75) is 43.9 Å². The molecule has 1 heterocycles. The summed E-state index contributed by atoms with van der Waals surface area (Å²) in [5.41, 5.74) is 2.82. The van der Waals surface area contributed by atoms with E-state index in [2.05, 4.69) is 11.9 Å². The van der Waals surface area contributed by atoms with Crippen LogP contribution in [0.2, 0.25) is 0 Å². The molecule has 2 atom stereocenters. The number of anilines is 1. The van der Waals surface area contributed by atoms with Crippen molar-refractivity contribution < 1.29 is 32.3 Å². The van der Waals surface area contributed by atoms with Gasteiger partial charge in [-0.1, -0.05) is 85.4 Å². The van der Waals surface area contributed by atoms with E-state index in [0.717, 1.165) is 24.1 Å². The second-order valence-corrected chi connectivity index (χ2v) is 9.97. The quantitative estimate of drug-likeness (QED) is 0.257. The van der Waals surface area contributed by atoms with Gasteiger partial charge in [0.1, 0.15) is 6.04 Å². The summed E-state index contributed by atoms with van der Waals surface area (Å²) in [7, 11) is 0. The monoisotopic (exact) mass is 577 g/mol. The molecule has 3 aromatic carbocycles. The molecule has 0 saturated carbocycles. The number of benzene rings is 3. The van der Waals surface area contributed by atoms with Gasteiger partial charge in [0.2, 0.25) is 17.5 Å². The molecule has 2 amide bonds. The number of ketones is 2. The van der Waals surface area contributed by atoms with E-state index in [1.165, 1.54) is 12.1 Å². The van der Waals surface area contributed by atoms with Crippen LogP contribution in [0, 0.1) is 0 Å². The van der Waals surface area contributed by atoms with Crippen molar-refractivity contribution in [3.63, 3.8) is 0 Å². The van der Waals surface area contributed by atoms with Crippen LogP contribution in [0.4, 0.5) is 18.9 Å². The van der Waals surface area contributed by atoms with Crippen LogP contribution in [-0.2, 0) is 27.2 Å². The van der Waals surface area contributed by atoms with Gasteiger partial charge in [0.15, 0.2) is 0 Å². The maximum absolute atomic E-state index is 13.5. The number of alkyl halides is 3. The van der Waals surface area contributed by atoms with Crippen LogP contribution < -0.4 is 15.5 Å². The van der Waals surface area contributed by atoms with Gasteiger partial charge in [-0.2, -0.15) is 13.2 Å². The predicted molar refractivity (Wildman–Crippen MR) is 152 cm³/mol. The zero-order chi connectivity index (χ0) is 30.3. The van der Waals surface area contributed by atoms with E-state index in [4.69, 9.17) is 0 Å². The lowest BCUT2D eigenvalue weighted by Gasteiger charge is -2.36. The first-order valence-electron chi connectivity index (χ1n) is 13.4. The number of para-hydroxylation sites is 1. The molecule has 0 radical (unpaired) electrons. The molecular formula is C32H30F3N3O4. The Bertz CT molecular complexity index is 1460. The minimum atomic E-state index is -5.21. The molecule has 4 rings (SSSR count). The zero-order valence-corrected chi connectivity index (χ0v) is 22.7. The number of nitrogens with one attached hydrogen (secondary N) is 2. The Balaban J connectivity index is 1.63. The number of carbonyl (C=O) groups excluding carboxylic acids is 4. The third-order valence-corrected chi connectivity index (χ3v) is 7.02. The van der Waals surface area contributed by atoms with Crippen molar-refractivity contribution in [2.75, 3.05) is 11.4 Å². The molecule has 0 saturated heterocycles. The van der Waals surface area contributed by atoms with Gasteiger partial charge in [0.25, 0.3) is 0 Å². The number of fused-ring (bicyclic) bond motifs is 1. The van der Waals surface area contributed by atoms with Gasteiger partial charge in [-0.25, -0.2) is 0 Å². The third-order valence-electron chi connectivity index (χ3n) is 7.02. The lowest BCUT2D eigenvalue weighted by Crippen LogP contribution is -2.55. The van der Waals surface area contributed by atoms with E-state index in [1.807, 2.05) is 29.2 Å². The van der Waals surface area contributed by atoms with E-state index < -0.39 is 48.1 Å². The van der Waals surface area contributed by atoms with E-state index in [0.29, 0.717) is 17.8 Å². The van der Waals surface area contributed by atoms with Crippen LogP contribution in [0.3, 0.4) is 0 Å². The molecule has 42 heavy (non-hydrogen) atoms. The van der Waals surface area contributed by atoms with Gasteiger partial charge < -0.3 is 15.5 Å². The van der Waals surface area contributed by atoms with Crippen LogP contribution in [0.15, 0.2) is 97.2 Å². The van der Waals surface area contributed by atoms with Gasteiger partial charge in [0, 0.05) is 36.3 Å². The normalized spacial score (nSPS) is 14.2. The maximum atomic E-state index is 13.5. The van der Waals surface area contributed by atoms with Gasteiger partial charge in [-0.3, -0.25) is 19.2 Å². The highest BCUT2D eigenvalue weighted by Crippen LogP contribution is 2.31. The van der Waals surface area contributed by atoms with E-state index in [9.17, 15) is 32.3 Å². The van der Waals surface area contributed by atoms with Gasteiger partial charge in [-0.15, -0.1) is 0 Å². The molecule has 0 aliphatic carbocycles. The number of hydrogen-bond donors (Lipinski definition) is 2. The van der Waals surface area contributed by atoms with Crippen LogP contribution >= 0.6 is 0 Å². The minimum Gasteiger partial charge on any atom is -0.346 e. The molecule has 10 heteroatoms. The predicted octanol–water partition coefficient (Wildman–Crippen LogP) is 4.57. The maximum Gasteiger partial charge on any atom is 0.471 e. The van der Waals surface area contributed by atoms with Crippen molar-refractivity contribution in [2.24, 2.45) is 0 Å². The standard InChI is InChI=1S/C32H30F3N3O4/c1-21(38-18-10-16-23-13-8-9-17-27(23)38)25(20-28(39)29(40)24-14-6-3-7-15-24)36-30(41)26(37-31(42)32(33,34)35)19-22-11-4-2-5-12-22/h2-9,11-15,17,25-26H,1,10,16,18-20H2,(H,36,41)(H,37,42)/t25-,26-/m0/s1. The van der Waals surface area contributed by atoms with Crippen molar-refractivity contribution >= 4 is 29.1 Å². The molecule has 2 N–H and O–H groups in total. The van der Waals surface area contributed by atoms with Gasteiger partial charge in [0.05, 0.1) is 6.04 Å². The third kappa shape index (κ3) is 7.51. The Morgan fingerprint density at radius 1 is 0.833 bits per heavy atom. The average molecular weight is 578 g/mol. The molecule has 0 spiro atoms. The highest BCUT2D eigenvalue weighted by Gasteiger charge is 2.41. The first kappa shape index (κ1) is 30.2. The summed E-state index contributed by atoms with van der Waals surface area (Å²) in [5, 5.41) is 4.40. The molecule has 0 fully saturated rings. The molecule has 1 aliphatic rings. The Labute approximate surface area is 241 Å². The highest BCUT2D eigenvalue weighted by molar-refractivity contribution is 6.43.